The lowest BCUT2D eigenvalue weighted by Gasteiger charge is -2.19. The lowest BCUT2D eigenvalue weighted by Crippen LogP contribution is -2.25. The lowest BCUT2D eigenvalue weighted by atomic mass is 9.87. The maximum atomic E-state index is 12.1. The Hall–Kier alpha value is -0.740. The molecule has 1 saturated carbocycles. The second kappa shape index (κ2) is 9.31. The zero-order valence-electron chi connectivity index (χ0n) is 13.3. The first-order valence-corrected chi connectivity index (χ1v) is 8.35. The number of Topliss-reactive ketones (excluding diaryl/α,β-unsaturated/α-hetero) is 1. The van der Waals surface area contributed by atoms with E-state index in [1.165, 1.54) is 19.3 Å². The summed E-state index contributed by atoms with van der Waals surface area (Å²) >= 11 is 0. The molecule has 1 aliphatic carbocycles. The van der Waals surface area contributed by atoms with Gasteiger partial charge in [0.15, 0.2) is 0 Å². The minimum Gasteiger partial charge on any atom is -0.393 e. The second-order valence-electron chi connectivity index (χ2n) is 6.50. The number of rotatable bonds is 10. The van der Waals surface area contributed by atoms with E-state index in [4.69, 9.17) is 0 Å². The third kappa shape index (κ3) is 5.51. The van der Waals surface area contributed by atoms with E-state index in [-0.39, 0.29) is 24.0 Å². The van der Waals surface area contributed by atoms with Gasteiger partial charge in [-0.1, -0.05) is 39.5 Å². The Morgan fingerprint density at radius 3 is 2.57 bits per heavy atom. The van der Waals surface area contributed by atoms with Crippen LogP contribution in [0.25, 0.3) is 0 Å². The minimum atomic E-state index is -0.760. The van der Waals surface area contributed by atoms with Gasteiger partial charge in [-0.2, -0.15) is 0 Å². The van der Waals surface area contributed by atoms with Gasteiger partial charge in [-0.3, -0.25) is 4.79 Å². The Labute approximate surface area is 127 Å². The fourth-order valence-electron chi connectivity index (χ4n) is 3.29. The second-order valence-corrected chi connectivity index (χ2v) is 6.50. The summed E-state index contributed by atoms with van der Waals surface area (Å²) in [5, 5.41) is 19.6. The molecular formula is C17H30O4. The van der Waals surface area contributed by atoms with Gasteiger partial charge < -0.3 is 15.0 Å². The summed E-state index contributed by atoms with van der Waals surface area (Å²) in [6, 6.07) is 0. The van der Waals surface area contributed by atoms with Crippen molar-refractivity contribution in [3.05, 3.63) is 0 Å². The standard InChI is InChI=1S/C17H30O4/c1-3-4-5-6-7-12(2)15(19)9-8-13-14(11-18)17(21)10-16(13)20/h11-14,16-17,20-21H,3-10H2,1-2H3. The van der Waals surface area contributed by atoms with E-state index in [1.807, 2.05) is 6.92 Å². The molecule has 21 heavy (non-hydrogen) atoms. The normalized spacial score (nSPS) is 30.3. The third-order valence-corrected chi connectivity index (χ3v) is 4.84. The molecule has 0 bridgehead atoms. The van der Waals surface area contributed by atoms with Gasteiger partial charge in [0.2, 0.25) is 0 Å². The van der Waals surface area contributed by atoms with Crippen LogP contribution in [0.3, 0.4) is 0 Å². The first kappa shape index (κ1) is 18.3. The Morgan fingerprint density at radius 1 is 1.24 bits per heavy atom. The first-order chi connectivity index (χ1) is 10.0. The summed E-state index contributed by atoms with van der Waals surface area (Å²) in [6.07, 6.45) is 6.04. The lowest BCUT2D eigenvalue weighted by molar-refractivity contribution is -0.123. The molecule has 1 rings (SSSR count). The van der Waals surface area contributed by atoms with Gasteiger partial charge in [0, 0.05) is 24.7 Å². The van der Waals surface area contributed by atoms with Gasteiger partial charge in [-0.15, -0.1) is 0 Å². The highest BCUT2D eigenvalue weighted by molar-refractivity contribution is 5.80. The summed E-state index contributed by atoms with van der Waals surface area (Å²) < 4.78 is 0. The van der Waals surface area contributed by atoms with Crippen LogP contribution in [0.1, 0.15) is 65.2 Å². The molecule has 1 fully saturated rings. The Bertz CT molecular complexity index is 329. The van der Waals surface area contributed by atoms with E-state index in [0.717, 1.165) is 19.1 Å². The van der Waals surface area contributed by atoms with Crippen molar-refractivity contribution in [3.63, 3.8) is 0 Å². The maximum Gasteiger partial charge on any atom is 0.135 e. The quantitative estimate of drug-likeness (QED) is 0.480. The largest absolute Gasteiger partial charge is 0.393 e. The molecule has 0 heterocycles. The Morgan fingerprint density at radius 2 is 1.95 bits per heavy atom. The number of hydrogen-bond donors (Lipinski definition) is 2. The third-order valence-electron chi connectivity index (χ3n) is 4.84. The van der Waals surface area contributed by atoms with Gasteiger partial charge in [0.25, 0.3) is 0 Å². The van der Waals surface area contributed by atoms with Gasteiger partial charge in [0.1, 0.15) is 12.1 Å². The molecule has 1 aliphatic rings. The molecule has 5 unspecified atom stereocenters. The zero-order chi connectivity index (χ0) is 15.8. The van der Waals surface area contributed by atoms with Crippen LogP contribution in [0, 0.1) is 17.8 Å². The molecule has 0 aliphatic heterocycles. The number of hydrogen-bond acceptors (Lipinski definition) is 4. The number of carbonyl (C=O) groups excluding carboxylic acids is 2. The van der Waals surface area contributed by atoms with Crippen molar-refractivity contribution in [2.24, 2.45) is 17.8 Å². The van der Waals surface area contributed by atoms with Crippen LogP contribution >= 0.6 is 0 Å². The maximum absolute atomic E-state index is 12.1. The molecule has 0 saturated heterocycles. The average molecular weight is 298 g/mol. The molecule has 0 spiro atoms. The van der Waals surface area contributed by atoms with E-state index < -0.39 is 18.1 Å². The number of aliphatic hydroxyl groups is 2. The molecule has 2 N–H and O–H groups in total. The van der Waals surface area contributed by atoms with Crippen LogP contribution in [0.2, 0.25) is 0 Å². The molecule has 122 valence electrons. The number of aliphatic hydroxyl groups excluding tert-OH is 2. The highest BCUT2D eigenvalue weighted by atomic mass is 16.3. The van der Waals surface area contributed by atoms with Crippen molar-refractivity contribution in [2.75, 3.05) is 0 Å². The van der Waals surface area contributed by atoms with Crippen molar-refractivity contribution in [1.29, 1.82) is 0 Å². The van der Waals surface area contributed by atoms with Crippen molar-refractivity contribution < 1.29 is 19.8 Å². The van der Waals surface area contributed by atoms with Crippen LogP contribution in [-0.4, -0.2) is 34.5 Å². The summed E-state index contributed by atoms with van der Waals surface area (Å²) in [7, 11) is 0. The fourth-order valence-corrected chi connectivity index (χ4v) is 3.29. The van der Waals surface area contributed by atoms with E-state index in [2.05, 4.69) is 6.92 Å². The first-order valence-electron chi connectivity index (χ1n) is 8.35. The van der Waals surface area contributed by atoms with Crippen molar-refractivity contribution in [3.8, 4) is 0 Å². The highest BCUT2D eigenvalue weighted by Gasteiger charge is 2.41. The average Bonchev–Trinajstić information content (AvgIpc) is 2.73. The number of unbranched alkanes of at least 4 members (excludes halogenated alkanes) is 3. The predicted molar refractivity (Wildman–Crippen MR) is 81.8 cm³/mol. The topological polar surface area (TPSA) is 74.6 Å². The summed E-state index contributed by atoms with van der Waals surface area (Å²) in [5.41, 5.74) is 0. The SMILES string of the molecule is CCCCCCC(C)C(=O)CCC1C(O)CC(O)C1C=O. The van der Waals surface area contributed by atoms with Gasteiger partial charge in [-0.25, -0.2) is 0 Å². The van der Waals surface area contributed by atoms with E-state index in [9.17, 15) is 19.8 Å². The molecule has 0 radical (unpaired) electrons. The molecule has 0 aromatic heterocycles. The molecule has 4 heteroatoms. The monoisotopic (exact) mass is 298 g/mol. The van der Waals surface area contributed by atoms with Crippen LogP contribution in [0.4, 0.5) is 0 Å². The molecule has 5 atom stereocenters. The van der Waals surface area contributed by atoms with Crippen molar-refractivity contribution in [2.45, 2.75) is 77.4 Å². The van der Waals surface area contributed by atoms with Crippen molar-refractivity contribution >= 4 is 12.1 Å². The van der Waals surface area contributed by atoms with E-state index in [0.29, 0.717) is 12.8 Å². The van der Waals surface area contributed by atoms with Gasteiger partial charge in [0.05, 0.1) is 12.2 Å². The molecule has 4 nitrogen and oxygen atoms in total. The number of carbonyl (C=O) groups is 2. The van der Waals surface area contributed by atoms with Crippen LogP contribution < -0.4 is 0 Å². The summed E-state index contributed by atoms with van der Waals surface area (Å²) in [4.78, 5) is 23.1. The van der Waals surface area contributed by atoms with Gasteiger partial charge >= 0.3 is 0 Å². The molecule has 0 aromatic carbocycles. The smallest absolute Gasteiger partial charge is 0.135 e. The highest BCUT2D eigenvalue weighted by Crippen LogP contribution is 2.34. The van der Waals surface area contributed by atoms with Gasteiger partial charge in [-0.05, 0) is 18.8 Å². The van der Waals surface area contributed by atoms with Crippen LogP contribution in [0.15, 0.2) is 0 Å². The van der Waals surface area contributed by atoms with Crippen LogP contribution in [0.5, 0.6) is 0 Å². The summed E-state index contributed by atoms with van der Waals surface area (Å²) in [6.45, 7) is 4.13. The molecule has 0 aromatic rings. The van der Waals surface area contributed by atoms with E-state index >= 15 is 0 Å². The predicted octanol–water partition coefficient (Wildman–Crippen LogP) is 2.50. The molecule has 0 amide bonds. The molecular weight excluding hydrogens is 268 g/mol. The van der Waals surface area contributed by atoms with Crippen molar-refractivity contribution in [1.82, 2.24) is 0 Å². The van der Waals surface area contributed by atoms with Crippen LogP contribution in [-0.2, 0) is 9.59 Å². The minimum absolute atomic E-state index is 0.0556. The Balaban J connectivity index is 2.33. The fraction of sp³-hybridized carbons (Fsp3) is 0.882. The Kier molecular flexibility index (Phi) is 8.12. The number of aldehydes is 1. The number of ketones is 1. The summed E-state index contributed by atoms with van der Waals surface area (Å²) in [5.74, 6) is -0.522. The van der Waals surface area contributed by atoms with E-state index in [1.54, 1.807) is 0 Å². The zero-order valence-corrected chi connectivity index (χ0v) is 13.3.